The Morgan fingerprint density at radius 1 is 0.725 bits per heavy atom. The number of benzene rings is 2. The van der Waals surface area contributed by atoms with Crippen molar-refractivity contribution in [3.05, 3.63) is 95.6 Å². The average molecular weight is 1280 g/mol. The highest BCUT2D eigenvalue weighted by Crippen LogP contribution is 2.30. The highest BCUT2D eigenvalue weighted by atomic mass is 16.6. The molecule has 23 heteroatoms. The van der Waals surface area contributed by atoms with Crippen molar-refractivity contribution in [3.63, 3.8) is 0 Å². The summed E-state index contributed by atoms with van der Waals surface area (Å²) in [5.74, 6) is -0.160. The number of amides is 5. The third kappa shape index (κ3) is 36.5. The lowest BCUT2D eigenvalue weighted by Gasteiger charge is -2.28. The van der Waals surface area contributed by atoms with Crippen molar-refractivity contribution in [2.45, 2.75) is 198 Å². The van der Waals surface area contributed by atoms with Crippen molar-refractivity contribution < 1.29 is 66.8 Å². The van der Waals surface area contributed by atoms with Crippen LogP contribution in [0.15, 0.2) is 78.7 Å². The van der Waals surface area contributed by atoms with E-state index in [-0.39, 0.29) is 42.4 Å². The van der Waals surface area contributed by atoms with E-state index >= 15 is 0 Å². The van der Waals surface area contributed by atoms with Crippen molar-refractivity contribution in [1.29, 1.82) is 0 Å². The number of allylic oxidation sites excluding steroid dienone is 2. The minimum Gasteiger partial charge on any atom is -0.501 e. The Hall–Kier alpha value is -7.92. The zero-order valence-electron chi connectivity index (χ0n) is 58.0. The Bertz CT molecular complexity index is 2750. The Balaban J connectivity index is 0.00000154. The summed E-state index contributed by atoms with van der Waals surface area (Å²) in [4.78, 5) is 106. The standard InChI is InChI=1S/C37H46N6O5.C13H24N2O4.C9H17NO3.C5H10O2.2C2H6/c1-4-31(46-3)26-33-36(48-37(45)42(19-11-17-40(2)28-44)20-12-18-41-21-23-47-24-22-41)43-27-34(30-15-9-6-10-16-30)38-32(35(43)39-33)25-29-13-7-5-8-14-29;1-6-9(2)15-12(18)10(14-8-16)7-11(17)19-13(3,4)5;1-7(10-6-11)5-8(12)13-9(2,3)4;1-5(2,3)7-4-6;2*1-2/h4-10,13-16,27-28H,11-12,17-26H2,1-3H3;8-10H,6-7H2,1-5H3,(H,14,16)(H,15,18);6-7H,5H2,1-4H3,(H,10,11);4H,1-3H3;2*1-2H3/b31-4-;;;;;. The number of nitrogens with one attached hydrogen (secondary N) is 3. The fourth-order valence-corrected chi connectivity index (χ4v) is 8.04. The molecule has 0 aliphatic carbocycles. The second-order valence-corrected chi connectivity index (χ2v) is 23.6. The third-order valence-electron chi connectivity index (χ3n) is 12.5. The molecule has 4 aromatic rings. The van der Waals surface area contributed by atoms with Crippen LogP contribution in [-0.4, -0.2) is 180 Å². The van der Waals surface area contributed by atoms with Crippen molar-refractivity contribution in [2.24, 2.45) is 0 Å². The minimum atomic E-state index is -0.902. The van der Waals surface area contributed by atoms with E-state index in [1.165, 1.54) is 0 Å². The molecule has 3 atom stereocenters. The van der Waals surface area contributed by atoms with Crippen LogP contribution in [0.25, 0.3) is 16.9 Å². The number of carbonyl (C=O) groups excluding carboxylic acids is 8. The lowest BCUT2D eigenvalue weighted by Crippen LogP contribution is -2.48. The van der Waals surface area contributed by atoms with Crippen LogP contribution in [0.3, 0.4) is 0 Å². The zero-order chi connectivity index (χ0) is 69.2. The normalized spacial score (nSPS) is 13.1. The average Bonchev–Trinajstić information content (AvgIpc) is 1.64. The Kier molecular flexibility index (Phi) is 41.4. The first kappa shape index (κ1) is 83.1. The first-order valence-electron chi connectivity index (χ1n) is 31.5. The molecule has 0 radical (unpaired) electrons. The van der Waals surface area contributed by atoms with Gasteiger partial charge < -0.3 is 54.2 Å². The van der Waals surface area contributed by atoms with E-state index in [0.717, 1.165) is 74.6 Å². The molecule has 3 unspecified atom stereocenters. The number of ether oxygens (including phenoxy) is 6. The number of aromatic nitrogens is 3. The van der Waals surface area contributed by atoms with Crippen LogP contribution in [0, 0.1) is 0 Å². The van der Waals surface area contributed by atoms with Crippen molar-refractivity contribution in [2.75, 3.05) is 66.6 Å². The molecule has 2 aromatic carbocycles. The van der Waals surface area contributed by atoms with Crippen LogP contribution in [0.1, 0.15) is 167 Å². The molecule has 3 heterocycles. The van der Waals surface area contributed by atoms with Gasteiger partial charge in [0.15, 0.2) is 5.65 Å². The highest BCUT2D eigenvalue weighted by molar-refractivity contribution is 5.88. The zero-order valence-corrected chi connectivity index (χ0v) is 58.0. The van der Waals surface area contributed by atoms with Gasteiger partial charge in [-0.1, -0.05) is 95.3 Å². The molecular weight excluding hydrogens is 1170 g/mol. The maximum Gasteiger partial charge on any atom is 0.416 e. The number of rotatable bonds is 28. The number of imidazole rings is 1. The van der Waals surface area contributed by atoms with Crippen molar-refractivity contribution >= 4 is 55.3 Å². The third-order valence-corrected chi connectivity index (χ3v) is 12.5. The van der Waals surface area contributed by atoms with E-state index in [1.807, 2.05) is 155 Å². The van der Waals surface area contributed by atoms with E-state index in [2.05, 4.69) is 37.7 Å². The number of morpholine rings is 1. The number of fused-ring (bicyclic) bond motifs is 1. The summed E-state index contributed by atoms with van der Waals surface area (Å²) in [5.41, 5.74) is 3.35. The predicted molar refractivity (Wildman–Crippen MR) is 355 cm³/mol. The van der Waals surface area contributed by atoms with Gasteiger partial charge in [0, 0.05) is 76.6 Å². The van der Waals surface area contributed by atoms with Crippen LogP contribution in [0.2, 0.25) is 0 Å². The summed E-state index contributed by atoms with van der Waals surface area (Å²) < 4.78 is 34.0. The van der Waals surface area contributed by atoms with Gasteiger partial charge in [0.2, 0.25) is 31.0 Å². The Morgan fingerprint density at radius 2 is 1.29 bits per heavy atom. The van der Waals surface area contributed by atoms with E-state index in [9.17, 15) is 38.4 Å². The van der Waals surface area contributed by atoms with E-state index in [4.69, 9.17) is 33.7 Å². The van der Waals surface area contributed by atoms with Crippen LogP contribution >= 0.6 is 0 Å². The minimum absolute atomic E-state index is 0.0120. The van der Waals surface area contributed by atoms with Gasteiger partial charge in [-0.3, -0.25) is 42.9 Å². The fraction of sp³-hybridized carbons (Fsp3) is 0.588. The molecule has 1 aliphatic rings. The van der Waals surface area contributed by atoms with Crippen LogP contribution in [0.4, 0.5) is 4.79 Å². The number of nitrogens with zero attached hydrogens (tertiary/aromatic N) is 6. The number of hydrogen-bond acceptors (Lipinski definition) is 17. The summed E-state index contributed by atoms with van der Waals surface area (Å²) in [6.07, 6.45) is 8.18. The smallest absolute Gasteiger partial charge is 0.416 e. The summed E-state index contributed by atoms with van der Waals surface area (Å²) in [6, 6.07) is 19.0. The van der Waals surface area contributed by atoms with E-state index in [1.54, 1.807) is 51.7 Å². The molecule has 0 spiro atoms. The number of hydrogen-bond donors (Lipinski definition) is 3. The second-order valence-electron chi connectivity index (χ2n) is 23.6. The molecule has 0 saturated carbocycles. The van der Waals surface area contributed by atoms with E-state index in [0.29, 0.717) is 81.2 Å². The van der Waals surface area contributed by atoms with Gasteiger partial charge in [-0.2, -0.15) is 0 Å². The molecule has 1 fully saturated rings. The fourth-order valence-electron chi connectivity index (χ4n) is 8.04. The largest absolute Gasteiger partial charge is 0.501 e. The van der Waals surface area contributed by atoms with Gasteiger partial charge in [0.25, 0.3) is 6.47 Å². The molecule has 5 rings (SSSR count). The molecule has 1 aliphatic heterocycles. The number of esters is 2. The van der Waals surface area contributed by atoms with Crippen molar-refractivity contribution in [1.82, 2.24) is 45.0 Å². The first-order valence-corrected chi connectivity index (χ1v) is 31.5. The Labute approximate surface area is 542 Å². The summed E-state index contributed by atoms with van der Waals surface area (Å²) in [6.45, 7) is 37.6. The summed E-state index contributed by atoms with van der Waals surface area (Å²) in [7, 11) is 3.36. The summed E-state index contributed by atoms with van der Waals surface area (Å²) in [5, 5.41) is 7.53. The van der Waals surface area contributed by atoms with Gasteiger partial charge in [-0.15, -0.1) is 0 Å². The quantitative estimate of drug-likeness (QED) is 0.0207. The maximum absolute atomic E-state index is 14.1. The van der Waals surface area contributed by atoms with E-state index < -0.39 is 29.3 Å². The molecule has 3 N–H and O–H groups in total. The summed E-state index contributed by atoms with van der Waals surface area (Å²) >= 11 is 0. The number of methoxy groups -OCH3 is 1. The maximum atomic E-state index is 14.1. The monoisotopic (exact) mass is 1280 g/mol. The SMILES string of the molecule is C/C=C(/Cc1nc2c(Cc3ccccc3)nc(-c3ccccc3)cn2c1OC(=O)N(CCCN(C)C=O)CCCN1CCOCC1)OC.CC.CC.CC(C)(C)OC=O.CC(CC(=O)OC(C)(C)C)NC=O.CCC(C)NC(=O)C(CC(=O)OC(C)(C)C)NC=O. The molecule has 5 amide bonds. The Morgan fingerprint density at radius 3 is 1.78 bits per heavy atom. The molecule has 510 valence electrons. The van der Waals surface area contributed by atoms with Crippen LogP contribution < -0.4 is 20.7 Å². The molecule has 91 heavy (non-hydrogen) atoms. The lowest BCUT2D eigenvalue weighted by atomic mass is 10.1. The predicted octanol–water partition coefficient (Wildman–Crippen LogP) is 9.69. The molecular formula is C68H109N9O14. The lowest BCUT2D eigenvalue weighted by molar-refractivity contribution is -0.157. The van der Waals surface area contributed by atoms with Gasteiger partial charge >= 0.3 is 18.0 Å². The first-order chi connectivity index (χ1) is 43.1. The van der Waals surface area contributed by atoms with Gasteiger partial charge in [-0.05, 0) is 114 Å². The topological polar surface area (TPSA) is 268 Å². The van der Waals surface area contributed by atoms with Gasteiger partial charge in [-0.25, -0.2) is 14.8 Å². The second kappa shape index (κ2) is 45.3. The van der Waals surface area contributed by atoms with Crippen LogP contribution in [-0.2, 0) is 70.1 Å². The van der Waals surface area contributed by atoms with Crippen LogP contribution in [0.5, 0.6) is 5.88 Å². The highest BCUT2D eigenvalue weighted by Gasteiger charge is 2.28. The van der Waals surface area contributed by atoms with Gasteiger partial charge in [0.1, 0.15) is 28.5 Å². The molecule has 2 aromatic heterocycles. The van der Waals surface area contributed by atoms with Gasteiger partial charge in [0.05, 0.1) is 56.7 Å². The number of carbonyl (C=O) groups is 8. The molecule has 1 saturated heterocycles. The molecule has 0 bridgehead atoms. The van der Waals surface area contributed by atoms with Crippen molar-refractivity contribution in [3.8, 4) is 17.1 Å². The molecule has 23 nitrogen and oxygen atoms in total.